The van der Waals surface area contributed by atoms with Crippen molar-refractivity contribution in [2.75, 3.05) is 20.6 Å². The van der Waals surface area contributed by atoms with E-state index in [1.165, 1.54) is 31.4 Å². The number of fused-ring (bicyclic) bond motifs is 2. The van der Waals surface area contributed by atoms with Gasteiger partial charge in [-0.15, -0.1) is 0 Å². The number of allylic oxidation sites excluding steroid dienone is 1. The van der Waals surface area contributed by atoms with Crippen molar-refractivity contribution in [3.63, 3.8) is 0 Å². The minimum atomic E-state index is -0.223. The van der Waals surface area contributed by atoms with E-state index in [0.717, 1.165) is 12.1 Å². The minimum Gasteiger partial charge on any atom is -0.508 e. The van der Waals surface area contributed by atoms with Crippen molar-refractivity contribution in [2.24, 2.45) is 17.8 Å². The SMILES string of the molecule is CN(C)C[C@@H]1C(c2cc(O)ccc2F)=CC2CCC1C2. The maximum Gasteiger partial charge on any atom is 0.130 e. The highest BCUT2D eigenvalue weighted by molar-refractivity contribution is 5.70. The van der Waals surface area contributed by atoms with Gasteiger partial charge >= 0.3 is 0 Å². The van der Waals surface area contributed by atoms with Crippen LogP contribution in [-0.2, 0) is 0 Å². The number of rotatable bonds is 3. The molecule has 0 amide bonds. The molecule has 20 heavy (non-hydrogen) atoms. The van der Waals surface area contributed by atoms with Crippen molar-refractivity contribution in [1.29, 1.82) is 0 Å². The Kier molecular flexibility index (Phi) is 3.55. The van der Waals surface area contributed by atoms with Gasteiger partial charge in [-0.2, -0.15) is 0 Å². The van der Waals surface area contributed by atoms with Crippen LogP contribution in [0.15, 0.2) is 24.3 Å². The molecule has 2 aliphatic rings. The molecule has 2 nitrogen and oxygen atoms in total. The van der Waals surface area contributed by atoms with E-state index >= 15 is 0 Å². The average Bonchev–Trinajstić information content (AvgIpc) is 2.79. The molecule has 0 saturated heterocycles. The van der Waals surface area contributed by atoms with Gasteiger partial charge in [-0.05, 0) is 74.9 Å². The molecule has 1 aromatic rings. The first-order valence-electron chi connectivity index (χ1n) is 7.40. The Balaban J connectivity index is 2.02. The van der Waals surface area contributed by atoms with Crippen LogP contribution in [0.3, 0.4) is 0 Å². The monoisotopic (exact) mass is 275 g/mol. The molecular formula is C17H22FNO. The molecule has 0 aromatic heterocycles. The summed E-state index contributed by atoms with van der Waals surface area (Å²) in [7, 11) is 4.13. The maximum atomic E-state index is 14.2. The van der Waals surface area contributed by atoms with E-state index in [-0.39, 0.29) is 11.6 Å². The highest BCUT2D eigenvalue weighted by atomic mass is 19.1. The van der Waals surface area contributed by atoms with Crippen LogP contribution in [0.5, 0.6) is 5.75 Å². The van der Waals surface area contributed by atoms with Crippen LogP contribution in [0.4, 0.5) is 4.39 Å². The van der Waals surface area contributed by atoms with Gasteiger partial charge in [0.05, 0.1) is 0 Å². The lowest BCUT2D eigenvalue weighted by Crippen LogP contribution is -2.29. The first-order valence-corrected chi connectivity index (χ1v) is 7.40. The van der Waals surface area contributed by atoms with Crippen LogP contribution in [0.2, 0.25) is 0 Å². The molecule has 2 unspecified atom stereocenters. The quantitative estimate of drug-likeness (QED) is 0.912. The molecule has 1 fully saturated rings. The Morgan fingerprint density at radius 1 is 1.30 bits per heavy atom. The van der Waals surface area contributed by atoms with E-state index < -0.39 is 0 Å². The number of halogens is 1. The molecular weight excluding hydrogens is 253 g/mol. The Morgan fingerprint density at radius 2 is 2.10 bits per heavy atom. The Hall–Kier alpha value is -1.35. The maximum absolute atomic E-state index is 14.2. The van der Waals surface area contributed by atoms with Crippen molar-refractivity contribution in [2.45, 2.75) is 19.3 Å². The van der Waals surface area contributed by atoms with E-state index in [2.05, 4.69) is 25.1 Å². The number of benzene rings is 1. The zero-order valence-electron chi connectivity index (χ0n) is 12.1. The molecule has 2 aliphatic carbocycles. The third-order valence-electron chi connectivity index (χ3n) is 4.72. The summed E-state index contributed by atoms with van der Waals surface area (Å²) in [6.07, 6.45) is 5.96. The number of hydrogen-bond acceptors (Lipinski definition) is 2. The molecule has 1 aromatic carbocycles. The van der Waals surface area contributed by atoms with Crippen LogP contribution >= 0.6 is 0 Å². The second kappa shape index (κ2) is 5.21. The third kappa shape index (κ3) is 2.47. The molecule has 0 heterocycles. The molecule has 3 atom stereocenters. The lowest BCUT2D eigenvalue weighted by Gasteiger charge is -2.32. The molecule has 108 valence electrons. The largest absolute Gasteiger partial charge is 0.508 e. The number of phenolic OH excluding ortho intramolecular Hbond substituents is 1. The van der Waals surface area contributed by atoms with Gasteiger partial charge < -0.3 is 10.0 Å². The van der Waals surface area contributed by atoms with E-state index in [0.29, 0.717) is 23.3 Å². The Labute approximate surface area is 119 Å². The minimum absolute atomic E-state index is 0.142. The first kappa shape index (κ1) is 13.6. The van der Waals surface area contributed by atoms with Crippen LogP contribution in [0.1, 0.15) is 24.8 Å². The first-order chi connectivity index (χ1) is 9.54. The van der Waals surface area contributed by atoms with Crippen LogP contribution in [0.25, 0.3) is 5.57 Å². The van der Waals surface area contributed by atoms with E-state index in [1.807, 2.05) is 0 Å². The molecule has 1 saturated carbocycles. The molecule has 0 radical (unpaired) electrons. The second-order valence-corrected chi connectivity index (χ2v) is 6.49. The molecule has 1 N–H and O–H groups in total. The van der Waals surface area contributed by atoms with E-state index in [1.54, 1.807) is 6.07 Å². The van der Waals surface area contributed by atoms with Crippen LogP contribution in [-0.4, -0.2) is 30.6 Å². The summed E-state index contributed by atoms with van der Waals surface area (Å²) in [5.41, 5.74) is 1.69. The molecule has 0 aliphatic heterocycles. The van der Waals surface area contributed by atoms with Crippen LogP contribution < -0.4 is 0 Å². The van der Waals surface area contributed by atoms with Crippen molar-refractivity contribution < 1.29 is 9.50 Å². The Bertz CT molecular complexity index is 538. The summed E-state index contributed by atoms with van der Waals surface area (Å²) in [4.78, 5) is 2.18. The van der Waals surface area contributed by atoms with Crippen LogP contribution in [0, 0.1) is 23.6 Å². The highest BCUT2D eigenvalue weighted by Crippen LogP contribution is 2.48. The molecule has 3 rings (SSSR count). The van der Waals surface area contributed by atoms with E-state index in [9.17, 15) is 9.50 Å². The second-order valence-electron chi connectivity index (χ2n) is 6.49. The lowest BCUT2D eigenvalue weighted by atomic mass is 9.76. The molecule has 2 bridgehead atoms. The Morgan fingerprint density at radius 3 is 2.85 bits per heavy atom. The van der Waals surface area contributed by atoms with Crippen molar-refractivity contribution >= 4 is 5.57 Å². The number of nitrogens with zero attached hydrogens (tertiary/aromatic N) is 1. The normalized spacial score (nSPS) is 28.8. The third-order valence-corrected chi connectivity index (χ3v) is 4.72. The fourth-order valence-electron chi connectivity index (χ4n) is 3.87. The number of hydrogen-bond donors (Lipinski definition) is 1. The predicted octanol–water partition coefficient (Wildman–Crippen LogP) is 3.52. The fraction of sp³-hybridized carbons (Fsp3) is 0.529. The van der Waals surface area contributed by atoms with Gasteiger partial charge in [-0.25, -0.2) is 4.39 Å². The zero-order valence-corrected chi connectivity index (χ0v) is 12.1. The molecule has 3 heteroatoms. The smallest absolute Gasteiger partial charge is 0.130 e. The van der Waals surface area contributed by atoms with Gasteiger partial charge in [0.25, 0.3) is 0 Å². The predicted molar refractivity (Wildman–Crippen MR) is 78.9 cm³/mol. The number of phenols is 1. The summed E-state index contributed by atoms with van der Waals surface area (Å²) in [5.74, 6) is 1.54. The van der Waals surface area contributed by atoms with Crippen molar-refractivity contribution in [3.05, 3.63) is 35.7 Å². The van der Waals surface area contributed by atoms with Gasteiger partial charge in [0.1, 0.15) is 11.6 Å². The summed E-state index contributed by atoms with van der Waals surface area (Å²) >= 11 is 0. The molecule has 0 spiro atoms. The topological polar surface area (TPSA) is 23.5 Å². The fourth-order valence-corrected chi connectivity index (χ4v) is 3.87. The highest BCUT2D eigenvalue weighted by Gasteiger charge is 2.37. The summed E-state index contributed by atoms with van der Waals surface area (Å²) in [5, 5.41) is 9.68. The summed E-state index contributed by atoms with van der Waals surface area (Å²) in [6, 6.07) is 4.36. The standard InChI is InChI=1S/C17H22FNO/c1-19(2)10-16-12-4-3-11(7-12)8-14(16)15-9-13(20)5-6-17(15)18/h5-6,8-9,11-12,16,20H,3-4,7,10H2,1-2H3/t11?,12?,16-/m0/s1. The van der Waals surface area contributed by atoms with Gasteiger partial charge in [0.15, 0.2) is 0 Å². The summed E-state index contributed by atoms with van der Waals surface area (Å²) < 4.78 is 14.2. The van der Waals surface area contributed by atoms with Gasteiger partial charge in [0.2, 0.25) is 0 Å². The van der Waals surface area contributed by atoms with Crippen molar-refractivity contribution in [3.8, 4) is 5.75 Å². The lowest BCUT2D eigenvalue weighted by molar-refractivity contribution is 0.289. The number of aromatic hydroxyl groups is 1. The average molecular weight is 275 g/mol. The van der Waals surface area contributed by atoms with Gasteiger partial charge in [-0.3, -0.25) is 0 Å². The van der Waals surface area contributed by atoms with Gasteiger partial charge in [-0.1, -0.05) is 6.08 Å². The summed E-state index contributed by atoms with van der Waals surface area (Å²) in [6.45, 7) is 0.943. The zero-order chi connectivity index (χ0) is 14.3. The van der Waals surface area contributed by atoms with E-state index in [4.69, 9.17) is 0 Å². The van der Waals surface area contributed by atoms with Crippen molar-refractivity contribution in [1.82, 2.24) is 4.90 Å². The van der Waals surface area contributed by atoms with Gasteiger partial charge in [0, 0.05) is 12.1 Å².